The van der Waals surface area contributed by atoms with E-state index in [2.05, 4.69) is 5.32 Å². The van der Waals surface area contributed by atoms with Gasteiger partial charge in [0.2, 0.25) is 15.9 Å². The van der Waals surface area contributed by atoms with Gasteiger partial charge in [-0.15, -0.1) is 0 Å². The molecule has 0 aliphatic carbocycles. The van der Waals surface area contributed by atoms with Crippen LogP contribution >= 0.6 is 11.8 Å². The maximum Gasteiger partial charge on any atom is 0.224 e. The molecule has 0 saturated carbocycles. The van der Waals surface area contributed by atoms with Crippen LogP contribution in [-0.2, 0) is 20.6 Å². The number of hydrogen-bond acceptors (Lipinski definition) is 5. The van der Waals surface area contributed by atoms with Crippen molar-refractivity contribution in [2.75, 3.05) is 31.6 Å². The Hall–Kier alpha value is -0.990. The van der Waals surface area contributed by atoms with Gasteiger partial charge in [0.1, 0.15) is 5.76 Å². The summed E-state index contributed by atoms with van der Waals surface area (Å²) < 4.78 is 29.8. The third-order valence-electron chi connectivity index (χ3n) is 3.81. The van der Waals surface area contributed by atoms with Gasteiger partial charge in [-0.25, -0.2) is 12.7 Å². The second-order valence-corrected chi connectivity index (χ2v) is 8.82. The molecule has 0 aromatic carbocycles. The Bertz CT molecular complexity index is 587. The van der Waals surface area contributed by atoms with E-state index >= 15 is 0 Å². The summed E-state index contributed by atoms with van der Waals surface area (Å²) in [7, 11) is -3.21. The first-order chi connectivity index (χ1) is 11.0. The van der Waals surface area contributed by atoms with Crippen LogP contribution in [-0.4, -0.2) is 50.3 Å². The van der Waals surface area contributed by atoms with E-state index in [1.165, 1.54) is 10.6 Å². The van der Waals surface area contributed by atoms with Crippen LogP contribution in [0.25, 0.3) is 0 Å². The lowest BCUT2D eigenvalue weighted by Crippen LogP contribution is -2.45. The van der Waals surface area contributed by atoms with Crippen LogP contribution in [0.15, 0.2) is 22.8 Å². The molecular formula is C15H24N2O4S2. The third kappa shape index (κ3) is 6.19. The molecule has 2 rings (SSSR count). The minimum Gasteiger partial charge on any atom is -0.468 e. The molecule has 1 N–H and O–H groups in total. The Balaban J connectivity index is 1.61. The highest BCUT2D eigenvalue weighted by atomic mass is 32.2. The van der Waals surface area contributed by atoms with Gasteiger partial charge in [0.25, 0.3) is 0 Å². The van der Waals surface area contributed by atoms with Crippen molar-refractivity contribution in [1.29, 1.82) is 0 Å². The minimum absolute atomic E-state index is 0.0330. The van der Waals surface area contributed by atoms with E-state index in [1.54, 1.807) is 18.0 Å². The van der Waals surface area contributed by atoms with Crippen LogP contribution in [0, 0.1) is 5.92 Å². The zero-order chi connectivity index (χ0) is 16.7. The fraction of sp³-hybridized carbons (Fsp3) is 0.667. The number of rotatable bonds is 8. The quantitative estimate of drug-likeness (QED) is 0.714. The fourth-order valence-corrected chi connectivity index (χ4v) is 4.32. The lowest BCUT2D eigenvalue weighted by molar-refractivity contribution is -0.126. The Kier molecular flexibility index (Phi) is 6.98. The van der Waals surface area contributed by atoms with Crippen molar-refractivity contribution in [3.63, 3.8) is 0 Å². The number of thioether (sulfide) groups is 1. The van der Waals surface area contributed by atoms with Crippen molar-refractivity contribution in [2.45, 2.75) is 25.0 Å². The number of nitrogens with one attached hydrogen (secondary N) is 1. The SMILES string of the molecule is CS(=O)(=O)N1CCC[C@H](C(=O)NCCCSCc2ccco2)C1. The summed E-state index contributed by atoms with van der Waals surface area (Å²) in [6.45, 7) is 1.45. The van der Waals surface area contributed by atoms with E-state index in [0.717, 1.165) is 36.5 Å². The number of carbonyl (C=O) groups is 1. The molecule has 2 heterocycles. The molecule has 6 nitrogen and oxygen atoms in total. The molecule has 1 atom stereocenters. The number of furan rings is 1. The first-order valence-electron chi connectivity index (χ1n) is 7.80. The van der Waals surface area contributed by atoms with E-state index in [1.807, 2.05) is 12.1 Å². The Morgan fingerprint density at radius 3 is 3.04 bits per heavy atom. The molecule has 1 amide bonds. The van der Waals surface area contributed by atoms with Crippen molar-refractivity contribution >= 4 is 27.7 Å². The minimum atomic E-state index is -3.21. The molecule has 23 heavy (non-hydrogen) atoms. The molecule has 1 saturated heterocycles. The summed E-state index contributed by atoms with van der Waals surface area (Å²) in [6.07, 6.45) is 5.25. The second kappa shape index (κ2) is 8.75. The van der Waals surface area contributed by atoms with Crippen molar-refractivity contribution < 1.29 is 17.6 Å². The number of sulfonamides is 1. The van der Waals surface area contributed by atoms with Gasteiger partial charge in [-0.1, -0.05) is 0 Å². The van der Waals surface area contributed by atoms with E-state index in [4.69, 9.17) is 4.42 Å². The van der Waals surface area contributed by atoms with Crippen molar-refractivity contribution in [1.82, 2.24) is 9.62 Å². The highest BCUT2D eigenvalue weighted by Crippen LogP contribution is 2.19. The number of carbonyl (C=O) groups excluding carboxylic acids is 1. The average Bonchev–Trinajstić information content (AvgIpc) is 3.03. The molecule has 0 unspecified atom stereocenters. The average molecular weight is 361 g/mol. The standard InChI is InChI=1S/C15H24N2O4S2/c1-23(19,20)17-8-2-5-13(11-17)15(18)16-7-4-10-22-12-14-6-3-9-21-14/h3,6,9,13H,2,4-5,7-8,10-12H2,1H3,(H,16,18)/t13-/m0/s1. The summed E-state index contributed by atoms with van der Waals surface area (Å²) in [5, 5.41) is 2.92. The molecular weight excluding hydrogens is 336 g/mol. The van der Waals surface area contributed by atoms with Crippen LogP contribution in [0.3, 0.4) is 0 Å². The smallest absolute Gasteiger partial charge is 0.224 e. The number of hydrogen-bond donors (Lipinski definition) is 1. The van der Waals surface area contributed by atoms with E-state index in [9.17, 15) is 13.2 Å². The monoisotopic (exact) mass is 360 g/mol. The zero-order valence-electron chi connectivity index (χ0n) is 13.4. The number of nitrogens with zero attached hydrogens (tertiary/aromatic N) is 1. The third-order valence-corrected chi connectivity index (χ3v) is 6.15. The highest BCUT2D eigenvalue weighted by Gasteiger charge is 2.29. The van der Waals surface area contributed by atoms with Crippen LogP contribution in [0.4, 0.5) is 0 Å². The van der Waals surface area contributed by atoms with Gasteiger partial charge in [0, 0.05) is 19.6 Å². The molecule has 0 bridgehead atoms. The van der Waals surface area contributed by atoms with Crippen molar-refractivity contribution in [2.24, 2.45) is 5.92 Å². The normalized spacial score (nSPS) is 19.6. The van der Waals surface area contributed by atoms with E-state index in [0.29, 0.717) is 19.6 Å². The van der Waals surface area contributed by atoms with Gasteiger partial charge in [0.05, 0.1) is 24.2 Å². The molecule has 1 aromatic heterocycles. The lowest BCUT2D eigenvalue weighted by atomic mass is 9.99. The predicted molar refractivity (Wildman–Crippen MR) is 91.6 cm³/mol. The summed E-state index contributed by atoms with van der Waals surface area (Å²) in [5.74, 6) is 2.49. The lowest BCUT2D eigenvalue weighted by Gasteiger charge is -2.30. The van der Waals surface area contributed by atoms with Gasteiger partial charge < -0.3 is 9.73 Å². The van der Waals surface area contributed by atoms with Crippen molar-refractivity contribution in [3.05, 3.63) is 24.2 Å². The Labute approximate surface area is 142 Å². The first kappa shape index (κ1) is 18.4. The molecule has 1 aliphatic rings. The summed E-state index contributed by atoms with van der Waals surface area (Å²) in [5.41, 5.74) is 0. The van der Waals surface area contributed by atoms with Crippen LogP contribution in [0.1, 0.15) is 25.0 Å². The van der Waals surface area contributed by atoms with Gasteiger partial charge in [-0.3, -0.25) is 4.79 Å². The molecule has 1 fully saturated rings. The summed E-state index contributed by atoms with van der Waals surface area (Å²) >= 11 is 1.77. The van der Waals surface area contributed by atoms with E-state index in [-0.39, 0.29) is 11.8 Å². The van der Waals surface area contributed by atoms with Gasteiger partial charge in [-0.2, -0.15) is 11.8 Å². The van der Waals surface area contributed by atoms with Crippen LogP contribution in [0.2, 0.25) is 0 Å². The van der Waals surface area contributed by atoms with Gasteiger partial charge in [-0.05, 0) is 37.1 Å². The van der Waals surface area contributed by atoms with E-state index < -0.39 is 10.0 Å². The molecule has 0 spiro atoms. The molecule has 130 valence electrons. The maximum absolute atomic E-state index is 12.1. The predicted octanol–water partition coefficient (Wildman–Crippen LogP) is 1.69. The zero-order valence-corrected chi connectivity index (χ0v) is 15.0. The second-order valence-electron chi connectivity index (χ2n) is 5.74. The molecule has 8 heteroatoms. The number of piperidine rings is 1. The first-order valence-corrected chi connectivity index (χ1v) is 10.8. The Morgan fingerprint density at radius 2 is 2.35 bits per heavy atom. The van der Waals surface area contributed by atoms with Crippen LogP contribution in [0.5, 0.6) is 0 Å². The summed E-state index contributed by atoms with van der Waals surface area (Å²) in [4.78, 5) is 12.1. The maximum atomic E-state index is 12.1. The van der Waals surface area contributed by atoms with Gasteiger partial charge in [0.15, 0.2) is 0 Å². The summed E-state index contributed by atoms with van der Waals surface area (Å²) in [6, 6.07) is 3.82. The molecule has 1 aliphatic heterocycles. The largest absolute Gasteiger partial charge is 0.468 e. The topological polar surface area (TPSA) is 79.6 Å². The molecule has 0 radical (unpaired) electrons. The highest BCUT2D eigenvalue weighted by molar-refractivity contribution is 7.98. The fourth-order valence-electron chi connectivity index (χ4n) is 2.56. The molecule has 1 aromatic rings. The van der Waals surface area contributed by atoms with Crippen molar-refractivity contribution in [3.8, 4) is 0 Å². The van der Waals surface area contributed by atoms with Gasteiger partial charge >= 0.3 is 0 Å². The Morgan fingerprint density at radius 1 is 1.52 bits per heavy atom. The number of amides is 1. The van der Waals surface area contributed by atoms with Crippen LogP contribution < -0.4 is 5.32 Å².